The lowest BCUT2D eigenvalue weighted by molar-refractivity contribution is 0.141. The van der Waals surface area contributed by atoms with Crippen molar-refractivity contribution in [3.05, 3.63) is 83.4 Å². The molecule has 0 bridgehead atoms. The lowest BCUT2D eigenvalue weighted by Gasteiger charge is -2.36. The van der Waals surface area contributed by atoms with E-state index in [-0.39, 0.29) is 0 Å². The van der Waals surface area contributed by atoms with Crippen LogP contribution in [0, 0.1) is 17.8 Å². The van der Waals surface area contributed by atoms with Gasteiger partial charge in [0.1, 0.15) is 0 Å². The number of allylic oxidation sites excluding steroid dienone is 2. The fraction of sp³-hybridized carbons (Fsp3) is 0.448. The second kappa shape index (κ2) is 11.2. The summed E-state index contributed by atoms with van der Waals surface area (Å²) in [6, 6.07) is 22.2. The van der Waals surface area contributed by atoms with Crippen LogP contribution in [0.2, 0.25) is 0 Å². The maximum absolute atomic E-state index is 3.81. The van der Waals surface area contributed by atoms with Crippen molar-refractivity contribution in [3.63, 3.8) is 0 Å². The number of nitrogens with zero attached hydrogens (tertiary/aromatic N) is 1. The van der Waals surface area contributed by atoms with Gasteiger partial charge in [-0.3, -0.25) is 4.90 Å². The highest BCUT2D eigenvalue weighted by atomic mass is 15.2. The molecule has 1 heteroatoms. The fourth-order valence-electron chi connectivity index (χ4n) is 4.96. The van der Waals surface area contributed by atoms with Crippen LogP contribution in [0.15, 0.2) is 72.3 Å². The molecule has 0 saturated heterocycles. The van der Waals surface area contributed by atoms with E-state index in [1.807, 2.05) is 0 Å². The predicted molar refractivity (Wildman–Crippen MR) is 127 cm³/mol. The topological polar surface area (TPSA) is 3.24 Å². The van der Waals surface area contributed by atoms with Gasteiger partial charge in [0.2, 0.25) is 0 Å². The zero-order chi connectivity index (χ0) is 20.4. The first-order valence-electron chi connectivity index (χ1n) is 11.9. The number of rotatable bonds is 6. The molecule has 0 heterocycles. The molecule has 2 aliphatic rings. The highest BCUT2D eigenvalue weighted by Gasteiger charge is 2.28. The lowest BCUT2D eigenvalue weighted by atomic mass is 9.83. The number of hydrogen-bond donors (Lipinski definition) is 0. The van der Waals surface area contributed by atoms with Crippen LogP contribution in [-0.2, 0) is 13.1 Å². The Morgan fingerprint density at radius 3 is 1.97 bits per heavy atom. The van der Waals surface area contributed by atoms with Crippen LogP contribution in [0.5, 0.6) is 0 Å². The van der Waals surface area contributed by atoms with Crippen molar-refractivity contribution in [3.8, 4) is 11.8 Å². The van der Waals surface area contributed by atoms with Gasteiger partial charge in [0, 0.05) is 13.1 Å². The molecule has 0 spiro atoms. The highest BCUT2D eigenvalue weighted by Crippen LogP contribution is 2.31. The number of hydrogen-bond acceptors (Lipinski definition) is 1. The van der Waals surface area contributed by atoms with Gasteiger partial charge < -0.3 is 0 Å². The predicted octanol–water partition coefficient (Wildman–Crippen LogP) is 7.14. The van der Waals surface area contributed by atoms with Gasteiger partial charge in [0.05, 0.1) is 6.04 Å². The zero-order valence-corrected chi connectivity index (χ0v) is 18.2. The van der Waals surface area contributed by atoms with Gasteiger partial charge in [-0.2, -0.15) is 0 Å². The van der Waals surface area contributed by atoms with Gasteiger partial charge in [-0.15, -0.1) is 0 Å². The van der Waals surface area contributed by atoms with E-state index in [4.69, 9.17) is 0 Å². The molecule has 1 fully saturated rings. The Hall–Kier alpha value is -2.30. The minimum Gasteiger partial charge on any atom is -0.281 e. The van der Waals surface area contributed by atoms with Crippen molar-refractivity contribution in [1.29, 1.82) is 0 Å². The van der Waals surface area contributed by atoms with Gasteiger partial charge in [0.25, 0.3) is 0 Å². The van der Waals surface area contributed by atoms with Crippen LogP contribution < -0.4 is 0 Å². The third kappa shape index (κ3) is 6.10. The normalized spacial score (nSPS) is 18.4. The van der Waals surface area contributed by atoms with E-state index in [0.29, 0.717) is 12.0 Å². The average molecular weight is 398 g/mol. The Morgan fingerprint density at radius 1 is 0.767 bits per heavy atom. The van der Waals surface area contributed by atoms with E-state index in [2.05, 4.69) is 83.5 Å². The molecule has 1 atom stereocenters. The van der Waals surface area contributed by atoms with Gasteiger partial charge in [0.15, 0.2) is 0 Å². The summed E-state index contributed by atoms with van der Waals surface area (Å²) in [5.41, 5.74) is 4.14. The first kappa shape index (κ1) is 21.0. The Balaban J connectivity index is 1.63. The first-order valence-corrected chi connectivity index (χ1v) is 11.9. The van der Waals surface area contributed by atoms with Gasteiger partial charge in [-0.1, -0.05) is 97.8 Å². The van der Waals surface area contributed by atoms with Gasteiger partial charge >= 0.3 is 0 Å². The smallest absolute Gasteiger partial charge is 0.0752 e. The Labute approximate surface area is 183 Å². The molecule has 0 amide bonds. The summed E-state index contributed by atoms with van der Waals surface area (Å²) in [7, 11) is 0. The van der Waals surface area contributed by atoms with Crippen LogP contribution in [-0.4, -0.2) is 10.9 Å². The van der Waals surface area contributed by atoms with E-state index >= 15 is 0 Å². The van der Waals surface area contributed by atoms with Crippen molar-refractivity contribution in [2.75, 3.05) is 0 Å². The maximum atomic E-state index is 3.81. The SMILES string of the molecule is C(#CC(C1CCCCC1)N(Cc1ccccc1)Cc1ccccc1)C1=CCCCC1. The van der Waals surface area contributed by atoms with Crippen molar-refractivity contribution in [2.45, 2.75) is 76.9 Å². The molecule has 30 heavy (non-hydrogen) atoms. The quantitative estimate of drug-likeness (QED) is 0.468. The molecule has 2 aromatic rings. The lowest BCUT2D eigenvalue weighted by Crippen LogP contribution is -2.40. The molecule has 156 valence electrons. The summed E-state index contributed by atoms with van der Waals surface area (Å²) >= 11 is 0. The minimum atomic E-state index is 0.327. The van der Waals surface area contributed by atoms with Crippen LogP contribution in [0.4, 0.5) is 0 Å². The molecule has 0 radical (unpaired) electrons. The maximum Gasteiger partial charge on any atom is 0.0752 e. The second-order valence-corrected chi connectivity index (χ2v) is 8.96. The zero-order valence-electron chi connectivity index (χ0n) is 18.2. The summed E-state index contributed by atoms with van der Waals surface area (Å²) in [5, 5.41) is 0. The van der Waals surface area contributed by atoms with E-state index in [1.165, 1.54) is 74.5 Å². The molecule has 4 rings (SSSR count). The number of benzene rings is 2. The first-order chi connectivity index (χ1) is 14.9. The molecule has 1 saturated carbocycles. The monoisotopic (exact) mass is 397 g/mol. The van der Waals surface area contributed by atoms with Crippen LogP contribution in [0.25, 0.3) is 0 Å². The van der Waals surface area contributed by atoms with Crippen molar-refractivity contribution >= 4 is 0 Å². The van der Waals surface area contributed by atoms with Crippen LogP contribution >= 0.6 is 0 Å². The molecular weight excluding hydrogens is 362 g/mol. The minimum absolute atomic E-state index is 0.327. The Bertz CT molecular complexity index is 808. The summed E-state index contributed by atoms with van der Waals surface area (Å²) in [6.07, 6.45) is 14.1. The molecule has 1 unspecified atom stereocenters. The van der Waals surface area contributed by atoms with E-state index in [1.54, 1.807) is 0 Å². The largest absolute Gasteiger partial charge is 0.281 e. The van der Waals surface area contributed by atoms with Crippen molar-refractivity contribution in [1.82, 2.24) is 4.90 Å². The molecule has 2 aliphatic carbocycles. The Kier molecular flexibility index (Phi) is 7.81. The van der Waals surface area contributed by atoms with E-state index in [9.17, 15) is 0 Å². The summed E-state index contributed by atoms with van der Waals surface area (Å²) in [5.74, 6) is 8.13. The molecular formula is C29H35N. The Morgan fingerprint density at radius 2 is 1.40 bits per heavy atom. The van der Waals surface area contributed by atoms with Gasteiger partial charge in [-0.05, 0) is 61.1 Å². The summed E-state index contributed by atoms with van der Waals surface area (Å²) < 4.78 is 0. The van der Waals surface area contributed by atoms with E-state index < -0.39 is 0 Å². The highest BCUT2D eigenvalue weighted by molar-refractivity contribution is 5.32. The standard InChI is InChI=1S/C29H35N/c1-5-13-25(14-6-1)21-22-29(28-19-11-4-12-20-28)30(23-26-15-7-2-8-16-26)24-27-17-9-3-10-18-27/h2-3,7-10,13,15-18,28-29H,1,4-6,11-12,14,19-20,23-24H2. The van der Waals surface area contributed by atoms with Crippen molar-refractivity contribution in [2.24, 2.45) is 5.92 Å². The molecule has 0 aromatic heterocycles. The summed E-state index contributed by atoms with van der Waals surface area (Å²) in [6.45, 7) is 1.93. The second-order valence-electron chi connectivity index (χ2n) is 8.96. The molecule has 0 aliphatic heterocycles. The average Bonchev–Trinajstić information content (AvgIpc) is 2.82. The van der Waals surface area contributed by atoms with Crippen LogP contribution in [0.1, 0.15) is 68.9 Å². The van der Waals surface area contributed by atoms with E-state index in [0.717, 1.165) is 13.1 Å². The fourth-order valence-corrected chi connectivity index (χ4v) is 4.96. The van der Waals surface area contributed by atoms with Crippen LogP contribution in [0.3, 0.4) is 0 Å². The van der Waals surface area contributed by atoms with Gasteiger partial charge in [-0.25, -0.2) is 0 Å². The van der Waals surface area contributed by atoms with Crippen molar-refractivity contribution < 1.29 is 0 Å². The molecule has 1 nitrogen and oxygen atoms in total. The molecule has 2 aromatic carbocycles. The third-order valence-electron chi connectivity index (χ3n) is 6.62. The third-order valence-corrected chi connectivity index (χ3v) is 6.62. The molecule has 0 N–H and O–H groups in total. The summed E-state index contributed by atoms with van der Waals surface area (Å²) in [4.78, 5) is 2.65.